The second-order valence-corrected chi connectivity index (χ2v) is 3.97. The fourth-order valence-electron chi connectivity index (χ4n) is 1.57. The van der Waals surface area contributed by atoms with Crippen molar-refractivity contribution in [2.75, 3.05) is 7.11 Å². The van der Waals surface area contributed by atoms with Gasteiger partial charge in [0.05, 0.1) is 13.2 Å². The first kappa shape index (κ1) is 12.1. The summed E-state index contributed by atoms with van der Waals surface area (Å²) in [6.07, 6.45) is 1.38. The SMILES string of the molecule is CCC(C)C(O)Cc1ccccc1OC. The molecule has 0 radical (unpaired) electrons. The average Bonchev–Trinajstić information content (AvgIpc) is 2.28. The van der Waals surface area contributed by atoms with Crippen molar-refractivity contribution in [2.45, 2.75) is 32.8 Å². The molecule has 0 spiro atoms. The van der Waals surface area contributed by atoms with Gasteiger partial charge in [0.15, 0.2) is 0 Å². The molecule has 15 heavy (non-hydrogen) atoms. The first-order valence-corrected chi connectivity index (χ1v) is 5.49. The number of ether oxygens (including phenoxy) is 1. The molecule has 0 amide bonds. The van der Waals surface area contributed by atoms with Crippen LogP contribution in [0, 0.1) is 5.92 Å². The minimum absolute atomic E-state index is 0.286. The quantitative estimate of drug-likeness (QED) is 0.806. The Labute approximate surface area is 91.9 Å². The molecule has 0 fully saturated rings. The van der Waals surface area contributed by atoms with Crippen molar-refractivity contribution < 1.29 is 9.84 Å². The number of methoxy groups -OCH3 is 1. The van der Waals surface area contributed by atoms with E-state index >= 15 is 0 Å². The molecule has 1 N–H and O–H groups in total. The van der Waals surface area contributed by atoms with Crippen LogP contribution in [0.2, 0.25) is 0 Å². The number of benzene rings is 1. The first-order valence-electron chi connectivity index (χ1n) is 5.49. The molecule has 1 aromatic carbocycles. The Morgan fingerprint density at radius 3 is 2.60 bits per heavy atom. The Balaban J connectivity index is 2.71. The van der Waals surface area contributed by atoms with Crippen LogP contribution in [0.1, 0.15) is 25.8 Å². The highest BCUT2D eigenvalue weighted by Gasteiger charge is 2.14. The minimum Gasteiger partial charge on any atom is -0.496 e. The summed E-state index contributed by atoms with van der Waals surface area (Å²) in [7, 11) is 1.66. The molecule has 0 aliphatic carbocycles. The number of aliphatic hydroxyl groups is 1. The topological polar surface area (TPSA) is 29.5 Å². The molecular weight excluding hydrogens is 188 g/mol. The number of rotatable bonds is 5. The van der Waals surface area contributed by atoms with Gasteiger partial charge in [-0.3, -0.25) is 0 Å². The van der Waals surface area contributed by atoms with Gasteiger partial charge < -0.3 is 9.84 Å². The van der Waals surface area contributed by atoms with Crippen molar-refractivity contribution in [1.82, 2.24) is 0 Å². The van der Waals surface area contributed by atoms with E-state index in [1.807, 2.05) is 24.3 Å². The van der Waals surface area contributed by atoms with Crippen LogP contribution in [0.4, 0.5) is 0 Å². The lowest BCUT2D eigenvalue weighted by Gasteiger charge is -2.18. The standard InChI is InChI=1S/C13H20O2/c1-4-10(2)12(14)9-11-7-5-6-8-13(11)15-3/h5-8,10,12,14H,4,9H2,1-3H3. The minimum atomic E-state index is -0.286. The zero-order valence-electron chi connectivity index (χ0n) is 9.73. The lowest BCUT2D eigenvalue weighted by atomic mass is 9.95. The van der Waals surface area contributed by atoms with Crippen LogP contribution in [-0.2, 0) is 6.42 Å². The van der Waals surface area contributed by atoms with E-state index in [2.05, 4.69) is 13.8 Å². The molecule has 1 aromatic rings. The Morgan fingerprint density at radius 2 is 2.00 bits per heavy atom. The van der Waals surface area contributed by atoms with E-state index in [1.165, 1.54) is 0 Å². The van der Waals surface area contributed by atoms with Gasteiger partial charge in [-0.15, -0.1) is 0 Å². The van der Waals surface area contributed by atoms with E-state index in [1.54, 1.807) is 7.11 Å². The zero-order chi connectivity index (χ0) is 11.3. The molecule has 0 heterocycles. The van der Waals surface area contributed by atoms with Gasteiger partial charge in [-0.1, -0.05) is 38.5 Å². The highest BCUT2D eigenvalue weighted by molar-refractivity contribution is 5.33. The van der Waals surface area contributed by atoms with Gasteiger partial charge in [0, 0.05) is 6.42 Å². The molecule has 1 rings (SSSR count). The third kappa shape index (κ3) is 3.24. The summed E-state index contributed by atoms with van der Waals surface area (Å²) < 4.78 is 5.25. The smallest absolute Gasteiger partial charge is 0.122 e. The molecule has 2 nitrogen and oxygen atoms in total. The molecule has 0 saturated carbocycles. The predicted octanol–water partition coefficient (Wildman–Crippen LogP) is 2.64. The molecule has 0 aromatic heterocycles. The van der Waals surface area contributed by atoms with Crippen LogP contribution < -0.4 is 4.74 Å². The Kier molecular flexibility index (Phi) is 4.63. The predicted molar refractivity (Wildman–Crippen MR) is 62.2 cm³/mol. The van der Waals surface area contributed by atoms with Gasteiger partial charge in [-0.2, -0.15) is 0 Å². The van der Waals surface area contributed by atoms with Gasteiger partial charge >= 0.3 is 0 Å². The summed E-state index contributed by atoms with van der Waals surface area (Å²) >= 11 is 0. The molecule has 2 unspecified atom stereocenters. The van der Waals surface area contributed by atoms with Gasteiger partial charge in [0.1, 0.15) is 5.75 Å². The van der Waals surface area contributed by atoms with Crippen molar-refractivity contribution in [3.05, 3.63) is 29.8 Å². The van der Waals surface area contributed by atoms with E-state index < -0.39 is 0 Å². The first-order chi connectivity index (χ1) is 7.19. The molecule has 0 saturated heterocycles. The molecular formula is C13H20O2. The third-order valence-electron chi connectivity index (χ3n) is 2.92. The van der Waals surface area contributed by atoms with Gasteiger partial charge in [0.25, 0.3) is 0 Å². The number of hydrogen-bond acceptors (Lipinski definition) is 2. The van der Waals surface area contributed by atoms with Gasteiger partial charge in [0.2, 0.25) is 0 Å². The van der Waals surface area contributed by atoms with E-state index in [9.17, 15) is 5.11 Å². The maximum atomic E-state index is 9.94. The molecule has 2 heteroatoms. The van der Waals surface area contributed by atoms with E-state index in [4.69, 9.17) is 4.74 Å². The lowest BCUT2D eigenvalue weighted by molar-refractivity contribution is 0.114. The number of aliphatic hydroxyl groups excluding tert-OH is 1. The molecule has 2 atom stereocenters. The zero-order valence-corrected chi connectivity index (χ0v) is 9.73. The van der Waals surface area contributed by atoms with Crippen LogP contribution in [0.25, 0.3) is 0 Å². The summed E-state index contributed by atoms with van der Waals surface area (Å²) in [5.74, 6) is 1.19. The third-order valence-corrected chi connectivity index (χ3v) is 2.92. The lowest BCUT2D eigenvalue weighted by Crippen LogP contribution is -2.19. The van der Waals surface area contributed by atoms with Gasteiger partial charge in [-0.25, -0.2) is 0 Å². The Morgan fingerprint density at radius 1 is 1.33 bits per heavy atom. The van der Waals surface area contributed by atoms with Crippen molar-refractivity contribution in [3.63, 3.8) is 0 Å². The molecule has 0 aliphatic heterocycles. The van der Waals surface area contributed by atoms with Crippen LogP contribution in [0.15, 0.2) is 24.3 Å². The molecule has 0 aliphatic rings. The Hall–Kier alpha value is -1.02. The number of para-hydroxylation sites is 1. The summed E-state index contributed by atoms with van der Waals surface area (Å²) in [4.78, 5) is 0. The van der Waals surface area contributed by atoms with Crippen molar-refractivity contribution in [1.29, 1.82) is 0 Å². The molecule has 0 bridgehead atoms. The summed E-state index contributed by atoms with van der Waals surface area (Å²) in [5.41, 5.74) is 1.08. The summed E-state index contributed by atoms with van der Waals surface area (Å²) in [6.45, 7) is 4.16. The number of hydrogen-bond donors (Lipinski definition) is 1. The largest absolute Gasteiger partial charge is 0.496 e. The van der Waals surface area contributed by atoms with Crippen molar-refractivity contribution >= 4 is 0 Å². The summed E-state index contributed by atoms with van der Waals surface area (Å²) in [5, 5.41) is 9.94. The van der Waals surface area contributed by atoms with Crippen LogP contribution in [-0.4, -0.2) is 18.3 Å². The monoisotopic (exact) mass is 208 g/mol. The normalized spacial score (nSPS) is 14.7. The van der Waals surface area contributed by atoms with Crippen LogP contribution in [0.3, 0.4) is 0 Å². The highest BCUT2D eigenvalue weighted by Crippen LogP contribution is 2.21. The van der Waals surface area contributed by atoms with Crippen molar-refractivity contribution in [3.8, 4) is 5.75 Å². The van der Waals surface area contributed by atoms with Crippen LogP contribution >= 0.6 is 0 Å². The second-order valence-electron chi connectivity index (χ2n) is 3.97. The molecule has 84 valence electrons. The van der Waals surface area contributed by atoms with E-state index in [0.29, 0.717) is 12.3 Å². The van der Waals surface area contributed by atoms with Crippen molar-refractivity contribution in [2.24, 2.45) is 5.92 Å². The highest BCUT2D eigenvalue weighted by atomic mass is 16.5. The Bertz CT molecular complexity index is 296. The average molecular weight is 208 g/mol. The van der Waals surface area contributed by atoms with E-state index in [0.717, 1.165) is 17.7 Å². The maximum Gasteiger partial charge on any atom is 0.122 e. The second kappa shape index (κ2) is 5.76. The fourth-order valence-corrected chi connectivity index (χ4v) is 1.57. The van der Waals surface area contributed by atoms with Crippen LogP contribution in [0.5, 0.6) is 5.75 Å². The van der Waals surface area contributed by atoms with E-state index in [-0.39, 0.29) is 6.10 Å². The van der Waals surface area contributed by atoms with Gasteiger partial charge in [-0.05, 0) is 17.5 Å². The summed E-state index contributed by atoms with van der Waals surface area (Å²) in [6, 6.07) is 7.85. The maximum absolute atomic E-state index is 9.94. The fraction of sp³-hybridized carbons (Fsp3) is 0.538.